The van der Waals surface area contributed by atoms with Gasteiger partial charge in [-0.2, -0.15) is 0 Å². The van der Waals surface area contributed by atoms with E-state index in [1.807, 2.05) is 0 Å². The quantitative estimate of drug-likeness (QED) is 0.901. The summed E-state index contributed by atoms with van der Waals surface area (Å²) in [5.74, 6) is -1.99. The van der Waals surface area contributed by atoms with Crippen LogP contribution in [0.1, 0.15) is 45.9 Å². The topological polar surface area (TPSA) is 49.3 Å². The van der Waals surface area contributed by atoms with E-state index in [1.54, 1.807) is 24.3 Å². The summed E-state index contributed by atoms with van der Waals surface area (Å²) in [6, 6.07) is 8.83. The first-order valence-electron chi connectivity index (χ1n) is 7.58. The Kier molecular flexibility index (Phi) is 4.39. The number of fused-ring (bicyclic) bond motifs is 1. The second kappa shape index (κ2) is 6.46. The molecule has 0 aromatic heterocycles. The highest BCUT2D eigenvalue weighted by atomic mass is 19.1. The molecule has 3 nitrogen and oxygen atoms in total. The number of carbonyl (C=O) groups is 1. The van der Waals surface area contributed by atoms with E-state index in [1.165, 1.54) is 6.07 Å². The lowest BCUT2D eigenvalue weighted by Gasteiger charge is -2.27. The molecule has 0 aliphatic heterocycles. The first-order chi connectivity index (χ1) is 11.0. The van der Waals surface area contributed by atoms with E-state index in [0.717, 1.165) is 24.5 Å². The van der Waals surface area contributed by atoms with E-state index >= 15 is 0 Å². The molecule has 5 heteroatoms. The van der Waals surface area contributed by atoms with E-state index in [-0.39, 0.29) is 11.6 Å². The Morgan fingerprint density at radius 1 is 1.22 bits per heavy atom. The zero-order valence-electron chi connectivity index (χ0n) is 12.5. The van der Waals surface area contributed by atoms with Gasteiger partial charge < -0.3 is 10.4 Å². The fourth-order valence-electron chi connectivity index (χ4n) is 3.05. The third kappa shape index (κ3) is 3.40. The third-order valence-electron chi connectivity index (χ3n) is 4.24. The van der Waals surface area contributed by atoms with E-state index in [0.29, 0.717) is 24.1 Å². The van der Waals surface area contributed by atoms with Crippen molar-refractivity contribution >= 4 is 5.97 Å². The minimum Gasteiger partial charge on any atom is -0.478 e. The molecule has 0 saturated heterocycles. The van der Waals surface area contributed by atoms with Crippen molar-refractivity contribution in [2.24, 2.45) is 0 Å². The largest absolute Gasteiger partial charge is 0.478 e. The van der Waals surface area contributed by atoms with Crippen molar-refractivity contribution in [1.82, 2.24) is 5.32 Å². The van der Waals surface area contributed by atoms with Crippen molar-refractivity contribution in [2.45, 2.75) is 31.8 Å². The lowest BCUT2D eigenvalue weighted by molar-refractivity contribution is 0.0697. The SMILES string of the molecule is O=C(O)c1ccc(CN[C@H]2CCCc3c(F)cc(F)cc32)cc1. The zero-order chi connectivity index (χ0) is 16.4. The number of hydrogen-bond donors (Lipinski definition) is 2. The normalized spacial score (nSPS) is 16.9. The van der Waals surface area contributed by atoms with Crippen LogP contribution in [0.5, 0.6) is 0 Å². The number of aromatic carboxylic acids is 1. The van der Waals surface area contributed by atoms with Gasteiger partial charge >= 0.3 is 5.97 Å². The molecule has 2 aromatic rings. The molecule has 3 rings (SSSR count). The summed E-state index contributed by atoms with van der Waals surface area (Å²) in [6.45, 7) is 0.516. The van der Waals surface area contributed by atoms with Crippen molar-refractivity contribution in [3.8, 4) is 0 Å². The van der Waals surface area contributed by atoms with Crippen LogP contribution in [0, 0.1) is 11.6 Å². The molecule has 120 valence electrons. The fraction of sp³-hybridized carbons (Fsp3) is 0.278. The van der Waals surface area contributed by atoms with Gasteiger partial charge in [0.2, 0.25) is 0 Å². The Hall–Kier alpha value is -2.27. The number of carboxylic acids is 1. The molecular weight excluding hydrogens is 300 g/mol. The lowest BCUT2D eigenvalue weighted by atomic mass is 9.87. The lowest BCUT2D eigenvalue weighted by Crippen LogP contribution is -2.25. The highest BCUT2D eigenvalue weighted by Gasteiger charge is 2.23. The van der Waals surface area contributed by atoms with Gasteiger partial charge in [0.1, 0.15) is 11.6 Å². The summed E-state index contributed by atoms with van der Waals surface area (Å²) in [5.41, 5.74) is 2.45. The average molecular weight is 317 g/mol. The van der Waals surface area contributed by atoms with Crippen LogP contribution in [0.25, 0.3) is 0 Å². The Labute approximate surface area is 133 Å². The minimum atomic E-state index is -0.961. The highest BCUT2D eigenvalue weighted by Crippen LogP contribution is 2.32. The molecule has 2 aromatic carbocycles. The van der Waals surface area contributed by atoms with Crippen LogP contribution in [0.3, 0.4) is 0 Å². The molecule has 0 heterocycles. The van der Waals surface area contributed by atoms with Gasteiger partial charge in [0.15, 0.2) is 0 Å². The molecule has 0 fully saturated rings. The Balaban J connectivity index is 1.74. The van der Waals surface area contributed by atoms with E-state index < -0.39 is 17.6 Å². The molecule has 0 spiro atoms. The summed E-state index contributed by atoms with van der Waals surface area (Å²) in [7, 11) is 0. The van der Waals surface area contributed by atoms with Gasteiger partial charge in [0.05, 0.1) is 5.56 Å². The smallest absolute Gasteiger partial charge is 0.335 e. The van der Waals surface area contributed by atoms with Gasteiger partial charge in [0.25, 0.3) is 0 Å². The van der Waals surface area contributed by atoms with Crippen molar-refractivity contribution < 1.29 is 18.7 Å². The maximum absolute atomic E-state index is 13.9. The Morgan fingerprint density at radius 3 is 2.65 bits per heavy atom. The van der Waals surface area contributed by atoms with Gasteiger partial charge in [-0.1, -0.05) is 12.1 Å². The van der Waals surface area contributed by atoms with Gasteiger partial charge in [0, 0.05) is 18.7 Å². The summed E-state index contributed by atoms with van der Waals surface area (Å²) in [4.78, 5) is 10.8. The molecule has 2 N–H and O–H groups in total. The van der Waals surface area contributed by atoms with Crippen molar-refractivity contribution in [2.75, 3.05) is 0 Å². The number of benzene rings is 2. The number of rotatable bonds is 4. The van der Waals surface area contributed by atoms with Gasteiger partial charge in [-0.25, -0.2) is 13.6 Å². The van der Waals surface area contributed by atoms with Crippen LogP contribution >= 0.6 is 0 Å². The van der Waals surface area contributed by atoms with Crippen LogP contribution in [0.4, 0.5) is 8.78 Å². The van der Waals surface area contributed by atoms with Crippen LogP contribution < -0.4 is 5.32 Å². The summed E-state index contributed by atoms with van der Waals surface area (Å²) in [5, 5.41) is 12.2. The zero-order valence-corrected chi connectivity index (χ0v) is 12.5. The van der Waals surface area contributed by atoms with Crippen LogP contribution in [-0.2, 0) is 13.0 Å². The molecule has 1 aliphatic rings. The van der Waals surface area contributed by atoms with Gasteiger partial charge in [-0.05, 0) is 54.2 Å². The molecule has 0 radical (unpaired) electrons. The number of hydrogen-bond acceptors (Lipinski definition) is 2. The molecule has 1 atom stereocenters. The fourth-order valence-corrected chi connectivity index (χ4v) is 3.05. The van der Waals surface area contributed by atoms with Crippen LogP contribution in [0.15, 0.2) is 36.4 Å². The summed E-state index contributed by atoms with van der Waals surface area (Å²) >= 11 is 0. The number of carboxylic acid groups (broad SMARTS) is 1. The summed E-state index contributed by atoms with van der Waals surface area (Å²) in [6.07, 6.45) is 2.31. The van der Waals surface area contributed by atoms with Crippen molar-refractivity contribution in [1.29, 1.82) is 0 Å². The first-order valence-corrected chi connectivity index (χ1v) is 7.58. The first kappa shape index (κ1) is 15.6. The van der Waals surface area contributed by atoms with Crippen molar-refractivity contribution in [3.05, 3.63) is 70.3 Å². The number of halogens is 2. The van der Waals surface area contributed by atoms with Crippen LogP contribution in [-0.4, -0.2) is 11.1 Å². The van der Waals surface area contributed by atoms with Crippen LogP contribution in [0.2, 0.25) is 0 Å². The second-order valence-corrected chi connectivity index (χ2v) is 5.78. The predicted molar refractivity (Wildman–Crippen MR) is 82.3 cm³/mol. The molecule has 0 bridgehead atoms. The maximum Gasteiger partial charge on any atom is 0.335 e. The second-order valence-electron chi connectivity index (χ2n) is 5.78. The van der Waals surface area contributed by atoms with E-state index in [2.05, 4.69) is 5.32 Å². The Bertz CT molecular complexity index is 729. The minimum absolute atomic E-state index is 0.0944. The third-order valence-corrected chi connectivity index (χ3v) is 4.24. The van der Waals surface area contributed by atoms with Crippen molar-refractivity contribution in [3.63, 3.8) is 0 Å². The average Bonchev–Trinajstić information content (AvgIpc) is 2.53. The van der Waals surface area contributed by atoms with Gasteiger partial charge in [-0.3, -0.25) is 0 Å². The maximum atomic E-state index is 13.9. The van der Waals surface area contributed by atoms with E-state index in [4.69, 9.17) is 5.11 Å². The monoisotopic (exact) mass is 317 g/mol. The molecule has 23 heavy (non-hydrogen) atoms. The number of nitrogens with one attached hydrogen (secondary N) is 1. The molecule has 0 saturated carbocycles. The Morgan fingerprint density at radius 2 is 1.96 bits per heavy atom. The highest BCUT2D eigenvalue weighted by molar-refractivity contribution is 5.87. The molecule has 0 unspecified atom stereocenters. The van der Waals surface area contributed by atoms with E-state index in [9.17, 15) is 13.6 Å². The summed E-state index contributed by atoms with van der Waals surface area (Å²) < 4.78 is 27.4. The molecular formula is C18H17F2NO2. The molecule has 0 amide bonds. The van der Waals surface area contributed by atoms with Gasteiger partial charge in [-0.15, -0.1) is 0 Å². The molecule has 1 aliphatic carbocycles. The standard InChI is InChI=1S/C18H17F2NO2/c19-13-8-15-14(16(20)9-13)2-1-3-17(15)21-10-11-4-6-12(7-5-11)18(22)23/h4-9,17,21H,1-3,10H2,(H,22,23)/t17-/m0/s1. The predicted octanol–water partition coefficient (Wildman–Crippen LogP) is 3.83.